The van der Waals surface area contributed by atoms with Crippen LogP contribution < -0.4 is 9.84 Å². The molecule has 4 aliphatic rings. The summed E-state index contributed by atoms with van der Waals surface area (Å²) >= 11 is 0. The number of esters is 1. The lowest BCUT2D eigenvalue weighted by Gasteiger charge is -2.62. The largest absolute Gasteiger partial charge is 0.544 e. The van der Waals surface area contributed by atoms with Crippen molar-refractivity contribution in [2.45, 2.75) is 57.5 Å². The molecule has 4 saturated carbocycles. The zero-order valence-corrected chi connectivity index (χ0v) is 17.2. The number of carbonyl (C=O) groups excluding carboxylic acids is 2. The third-order valence-electron chi connectivity index (χ3n) is 7.38. The molecule has 0 amide bonds. The van der Waals surface area contributed by atoms with Crippen LogP contribution in [0.15, 0.2) is 24.3 Å². The number of rotatable bonds is 7. The van der Waals surface area contributed by atoms with E-state index in [-0.39, 0.29) is 11.2 Å². The lowest BCUT2D eigenvalue weighted by atomic mass is 9.47. The number of carbonyl (C=O) groups is 2. The molecule has 1 aromatic carbocycles. The Balaban J connectivity index is 1.46. The van der Waals surface area contributed by atoms with Crippen LogP contribution in [0.3, 0.4) is 0 Å². The fourth-order valence-corrected chi connectivity index (χ4v) is 6.31. The average Bonchev–Trinajstić information content (AvgIpc) is 2.68. The predicted octanol–water partition coefficient (Wildman–Crippen LogP) is 3.46. The molecule has 0 heterocycles. The molecule has 5 rings (SSSR count). The molecule has 4 aliphatic carbocycles. The Morgan fingerprint density at radius 3 is 2.07 bits per heavy atom. The van der Waals surface area contributed by atoms with E-state index < -0.39 is 24.5 Å². The summed E-state index contributed by atoms with van der Waals surface area (Å²) in [6, 6.07) is 6.23. The molecule has 4 fully saturated rings. The Kier molecular flexibility index (Phi) is 5.27. The van der Waals surface area contributed by atoms with Crippen LogP contribution in [0.1, 0.15) is 56.3 Å². The average molecular weight is 421 g/mol. The van der Waals surface area contributed by atoms with E-state index in [0.29, 0.717) is 23.5 Å². The molecule has 0 unspecified atom stereocenters. The van der Waals surface area contributed by atoms with Gasteiger partial charge in [0.2, 0.25) is 0 Å². The highest BCUT2D eigenvalue weighted by Crippen LogP contribution is 2.61. The van der Waals surface area contributed by atoms with Crippen LogP contribution in [0.25, 0.3) is 0 Å². The van der Waals surface area contributed by atoms with E-state index in [1.807, 2.05) is 0 Å². The monoisotopic (exact) mass is 421 g/mol. The van der Waals surface area contributed by atoms with Crippen molar-refractivity contribution in [2.24, 2.45) is 29.6 Å². The first-order valence-electron chi connectivity index (χ1n) is 10.7. The van der Waals surface area contributed by atoms with Crippen molar-refractivity contribution in [3.05, 3.63) is 29.8 Å². The van der Waals surface area contributed by atoms with Crippen LogP contribution in [0, 0.1) is 29.6 Å². The summed E-state index contributed by atoms with van der Waals surface area (Å²) in [6.07, 6.45) is 6.20. The van der Waals surface area contributed by atoms with Gasteiger partial charge in [-0.25, -0.2) is 4.79 Å². The number of ether oxygens (including phenoxy) is 2. The second-order valence-electron chi connectivity index (χ2n) is 9.51. The first kappa shape index (κ1) is 21.1. The van der Waals surface area contributed by atoms with Gasteiger partial charge >= 0.3 is 11.9 Å². The molecular formula is C23H27F2O5-. The van der Waals surface area contributed by atoms with Gasteiger partial charge in [0.1, 0.15) is 17.3 Å². The van der Waals surface area contributed by atoms with Gasteiger partial charge in [0.05, 0.1) is 5.56 Å². The minimum atomic E-state index is -4.22. The number of aliphatic carboxylic acids is 1. The van der Waals surface area contributed by atoms with Crippen molar-refractivity contribution in [2.75, 3.05) is 6.61 Å². The quantitative estimate of drug-likeness (QED) is 0.631. The maximum Gasteiger partial charge on any atom is 0.338 e. The molecule has 164 valence electrons. The van der Waals surface area contributed by atoms with Crippen molar-refractivity contribution >= 4 is 11.9 Å². The van der Waals surface area contributed by atoms with Crippen LogP contribution in [-0.4, -0.2) is 30.1 Å². The van der Waals surface area contributed by atoms with E-state index in [9.17, 15) is 23.5 Å². The van der Waals surface area contributed by atoms with Gasteiger partial charge in [0, 0.05) is 0 Å². The van der Waals surface area contributed by atoms with E-state index in [2.05, 4.69) is 18.6 Å². The first-order chi connectivity index (χ1) is 14.1. The summed E-state index contributed by atoms with van der Waals surface area (Å²) in [5.41, 5.74) is -0.161. The molecule has 0 atom stereocenters. The number of alkyl halides is 2. The maximum absolute atomic E-state index is 13.0. The van der Waals surface area contributed by atoms with Gasteiger partial charge in [0.15, 0.2) is 6.61 Å². The van der Waals surface area contributed by atoms with Gasteiger partial charge in [-0.15, -0.1) is 0 Å². The van der Waals surface area contributed by atoms with Crippen LogP contribution >= 0.6 is 0 Å². The third kappa shape index (κ3) is 3.56. The molecule has 0 N–H and O–H groups in total. The molecule has 1 aromatic rings. The number of carboxylic acids is 1. The molecule has 4 bridgehead atoms. The van der Waals surface area contributed by atoms with Crippen molar-refractivity contribution in [3.63, 3.8) is 0 Å². The van der Waals surface area contributed by atoms with Crippen molar-refractivity contribution in [1.82, 2.24) is 0 Å². The molecule has 30 heavy (non-hydrogen) atoms. The Labute approximate surface area is 174 Å². The fourth-order valence-electron chi connectivity index (χ4n) is 6.31. The van der Waals surface area contributed by atoms with Crippen molar-refractivity contribution in [3.8, 4) is 5.75 Å². The molecule has 0 spiro atoms. The lowest BCUT2D eigenvalue weighted by Crippen LogP contribution is -2.63. The Bertz CT molecular complexity index is 789. The van der Waals surface area contributed by atoms with Gasteiger partial charge in [-0.1, -0.05) is 13.8 Å². The number of hydrogen-bond acceptors (Lipinski definition) is 5. The highest BCUT2D eigenvalue weighted by Gasteiger charge is 2.60. The Morgan fingerprint density at radius 1 is 1.07 bits per heavy atom. The number of halogens is 2. The molecule has 0 aromatic heterocycles. The maximum atomic E-state index is 13.0. The first-order valence-corrected chi connectivity index (χ1v) is 10.7. The third-order valence-corrected chi connectivity index (χ3v) is 7.38. The highest BCUT2D eigenvalue weighted by atomic mass is 19.3. The summed E-state index contributed by atoms with van der Waals surface area (Å²) in [5.74, 6) is -4.11. The molecule has 0 saturated heterocycles. The summed E-state index contributed by atoms with van der Waals surface area (Å²) in [6.45, 7) is 2.87. The van der Waals surface area contributed by atoms with E-state index in [1.165, 1.54) is 44.2 Å². The highest BCUT2D eigenvalue weighted by molar-refractivity contribution is 5.89. The zero-order valence-electron chi connectivity index (χ0n) is 17.2. The summed E-state index contributed by atoms with van der Waals surface area (Å²) in [5, 5.41) is 10.3. The molecule has 5 nitrogen and oxygen atoms in total. The normalized spacial score (nSPS) is 32.3. The van der Waals surface area contributed by atoms with Gasteiger partial charge in [0.25, 0.3) is 0 Å². The minimum Gasteiger partial charge on any atom is -0.544 e. The SMILES string of the molecule is CC(C)C1(Oc2ccc(C(=O)OCC(F)(F)C(=O)[O-])cc2)C2CC3CC(C2)CC1C3. The zero-order chi connectivity index (χ0) is 21.7. The molecule has 7 heteroatoms. The van der Waals surface area contributed by atoms with E-state index in [4.69, 9.17) is 4.74 Å². The number of carboxylic acid groups (broad SMARTS) is 1. The Morgan fingerprint density at radius 2 is 1.60 bits per heavy atom. The topological polar surface area (TPSA) is 75.7 Å². The van der Waals surface area contributed by atoms with Gasteiger partial charge in [-0.3, -0.25) is 0 Å². The van der Waals surface area contributed by atoms with Crippen molar-refractivity contribution in [1.29, 1.82) is 0 Å². The summed E-state index contributed by atoms with van der Waals surface area (Å²) in [7, 11) is 0. The Hall–Kier alpha value is -2.18. The van der Waals surface area contributed by atoms with Crippen LogP contribution in [0.4, 0.5) is 8.78 Å². The molecule has 0 radical (unpaired) electrons. The fraction of sp³-hybridized carbons (Fsp3) is 0.652. The van der Waals surface area contributed by atoms with Crippen LogP contribution in [0.5, 0.6) is 5.75 Å². The predicted molar refractivity (Wildman–Crippen MR) is 102 cm³/mol. The van der Waals surface area contributed by atoms with E-state index in [0.717, 1.165) is 11.8 Å². The standard InChI is InChI=1S/C23H28F2O5/c1-13(2)23(17-8-14-7-15(10-17)11-18(23)9-14)30-19-5-3-16(4-6-19)20(26)29-12-22(24,25)21(27)28/h3-6,13-15,17-18H,7-12H2,1-2H3,(H,27,28)/p-1. The van der Waals surface area contributed by atoms with Crippen LogP contribution in [-0.2, 0) is 9.53 Å². The number of benzene rings is 1. The second kappa shape index (κ2) is 7.50. The molecular weight excluding hydrogens is 394 g/mol. The van der Waals surface area contributed by atoms with Gasteiger partial charge in [-0.05, 0) is 86.0 Å². The summed E-state index contributed by atoms with van der Waals surface area (Å²) < 4.78 is 37.2. The van der Waals surface area contributed by atoms with Crippen molar-refractivity contribution < 1.29 is 33.0 Å². The number of hydrogen-bond donors (Lipinski definition) is 0. The molecule has 0 aliphatic heterocycles. The van der Waals surface area contributed by atoms with Gasteiger partial charge < -0.3 is 19.4 Å². The summed E-state index contributed by atoms with van der Waals surface area (Å²) in [4.78, 5) is 22.3. The lowest BCUT2D eigenvalue weighted by molar-refractivity contribution is -0.331. The van der Waals surface area contributed by atoms with Gasteiger partial charge in [-0.2, -0.15) is 8.78 Å². The minimum absolute atomic E-state index is 0.0557. The van der Waals surface area contributed by atoms with Crippen LogP contribution in [0.2, 0.25) is 0 Å². The van der Waals surface area contributed by atoms with E-state index >= 15 is 0 Å². The smallest absolute Gasteiger partial charge is 0.338 e. The van der Waals surface area contributed by atoms with E-state index in [1.54, 1.807) is 12.1 Å². The second-order valence-corrected chi connectivity index (χ2v) is 9.51.